The van der Waals surface area contributed by atoms with Gasteiger partial charge in [0.15, 0.2) is 0 Å². The number of aryl methyl sites for hydroxylation is 2. The van der Waals surface area contributed by atoms with Gasteiger partial charge in [-0.05, 0) is 51.1 Å². The van der Waals surface area contributed by atoms with Gasteiger partial charge in [-0.1, -0.05) is 0 Å². The van der Waals surface area contributed by atoms with Crippen molar-refractivity contribution in [2.75, 3.05) is 6.54 Å². The molecule has 5 heteroatoms. The molecule has 100 valence electrons. The maximum absolute atomic E-state index is 12.0. The predicted octanol–water partition coefficient (Wildman–Crippen LogP) is 0.976. The summed E-state index contributed by atoms with van der Waals surface area (Å²) in [4.78, 5) is 12.0. The van der Waals surface area contributed by atoms with Gasteiger partial charge in [-0.15, -0.1) is 0 Å². The predicted molar refractivity (Wildman–Crippen MR) is 70.2 cm³/mol. The number of nitrogens with two attached hydrogens (primary N) is 1. The van der Waals surface area contributed by atoms with Crippen molar-refractivity contribution in [2.24, 2.45) is 18.7 Å². The molecular formula is C13H22N4O. The third kappa shape index (κ3) is 2.90. The van der Waals surface area contributed by atoms with Crippen LogP contribution in [-0.4, -0.2) is 28.3 Å². The van der Waals surface area contributed by atoms with E-state index in [1.54, 1.807) is 4.68 Å². The SMILES string of the molecule is Cc1cc(C(=O)NC2CCC(CN)CC2)nn1C. The van der Waals surface area contributed by atoms with Crippen LogP contribution in [0.2, 0.25) is 0 Å². The summed E-state index contributed by atoms with van der Waals surface area (Å²) in [5, 5.41) is 7.26. The Bertz CT molecular complexity index is 399. The highest BCUT2D eigenvalue weighted by Gasteiger charge is 2.22. The van der Waals surface area contributed by atoms with E-state index in [1.807, 2.05) is 20.0 Å². The highest BCUT2D eigenvalue weighted by molar-refractivity contribution is 5.92. The van der Waals surface area contributed by atoms with E-state index in [0.717, 1.165) is 37.9 Å². The summed E-state index contributed by atoms with van der Waals surface area (Å²) in [6, 6.07) is 2.10. The molecule has 1 aromatic rings. The van der Waals surface area contributed by atoms with Crippen molar-refractivity contribution in [1.29, 1.82) is 0 Å². The van der Waals surface area contributed by atoms with E-state index in [4.69, 9.17) is 5.73 Å². The average molecular weight is 250 g/mol. The molecule has 18 heavy (non-hydrogen) atoms. The van der Waals surface area contributed by atoms with Crippen LogP contribution in [0.1, 0.15) is 41.9 Å². The number of amides is 1. The number of hydrogen-bond acceptors (Lipinski definition) is 3. The average Bonchev–Trinajstić information content (AvgIpc) is 2.71. The highest BCUT2D eigenvalue weighted by Crippen LogP contribution is 2.23. The molecule has 0 saturated heterocycles. The molecule has 0 radical (unpaired) electrons. The summed E-state index contributed by atoms with van der Waals surface area (Å²) >= 11 is 0. The lowest BCUT2D eigenvalue weighted by molar-refractivity contribution is 0.0916. The zero-order valence-corrected chi connectivity index (χ0v) is 11.1. The first-order valence-corrected chi connectivity index (χ1v) is 6.61. The number of nitrogens with zero attached hydrogens (tertiary/aromatic N) is 2. The Balaban J connectivity index is 1.88. The summed E-state index contributed by atoms with van der Waals surface area (Å²) in [6.07, 6.45) is 4.28. The molecule has 0 aliphatic heterocycles. The molecule has 0 atom stereocenters. The maximum atomic E-state index is 12.0. The Kier molecular flexibility index (Phi) is 4.01. The van der Waals surface area contributed by atoms with Crippen molar-refractivity contribution in [3.63, 3.8) is 0 Å². The van der Waals surface area contributed by atoms with Gasteiger partial charge >= 0.3 is 0 Å². The Labute approximate surface area is 108 Å². The minimum Gasteiger partial charge on any atom is -0.348 e. The third-order valence-electron chi connectivity index (χ3n) is 3.86. The normalized spacial score (nSPS) is 23.9. The molecule has 0 spiro atoms. The van der Waals surface area contributed by atoms with Crippen molar-refractivity contribution in [3.8, 4) is 0 Å². The lowest BCUT2D eigenvalue weighted by Crippen LogP contribution is -2.38. The van der Waals surface area contributed by atoms with Gasteiger partial charge in [0.1, 0.15) is 5.69 Å². The largest absolute Gasteiger partial charge is 0.348 e. The third-order valence-corrected chi connectivity index (χ3v) is 3.86. The van der Waals surface area contributed by atoms with Crippen LogP contribution in [0.25, 0.3) is 0 Å². The molecule has 1 aromatic heterocycles. The first kappa shape index (κ1) is 13.1. The summed E-state index contributed by atoms with van der Waals surface area (Å²) < 4.78 is 1.72. The van der Waals surface area contributed by atoms with Crippen molar-refractivity contribution < 1.29 is 4.79 Å². The van der Waals surface area contributed by atoms with Crippen LogP contribution >= 0.6 is 0 Å². The van der Waals surface area contributed by atoms with Gasteiger partial charge in [0, 0.05) is 18.8 Å². The second-order valence-corrected chi connectivity index (χ2v) is 5.22. The Morgan fingerprint density at radius 3 is 2.67 bits per heavy atom. The molecule has 1 saturated carbocycles. The highest BCUT2D eigenvalue weighted by atomic mass is 16.2. The number of rotatable bonds is 3. The molecule has 3 N–H and O–H groups in total. The Morgan fingerprint density at radius 2 is 2.17 bits per heavy atom. The van der Waals surface area contributed by atoms with E-state index < -0.39 is 0 Å². The zero-order chi connectivity index (χ0) is 13.1. The van der Waals surface area contributed by atoms with Gasteiger partial charge in [-0.25, -0.2) is 0 Å². The van der Waals surface area contributed by atoms with Gasteiger partial charge in [0.05, 0.1) is 0 Å². The first-order valence-electron chi connectivity index (χ1n) is 6.61. The van der Waals surface area contributed by atoms with Crippen LogP contribution in [-0.2, 0) is 7.05 Å². The van der Waals surface area contributed by atoms with E-state index in [2.05, 4.69) is 10.4 Å². The number of carbonyl (C=O) groups is 1. The van der Waals surface area contributed by atoms with Crippen LogP contribution in [0.15, 0.2) is 6.07 Å². The van der Waals surface area contributed by atoms with E-state index in [-0.39, 0.29) is 11.9 Å². The second-order valence-electron chi connectivity index (χ2n) is 5.22. The van der Waals surface area contributed by atoms with Crippen LogP contribution in [0.5, 0.6) is 0 Å². The van der Waals surface area contributed by atoms with E-state index in [1.165, 1.54) is 0 Å². The fourth-order valence-corrected chi connectivity index (χ4v) is 2.47. The molecular weight excluding hydrogens is 228 g/mol. The number of aromatic nitrogens is 2. The van der Waals surface area contributed by atoms with Crippen LogP contribution < -0.4 is 11.1 Å². The van der Waals surface area contributed by atoms with Gasteiger partial charge in [-0.3, -0.25) is 9.48 Å². The van der Waals surface area contributed by atoms with Crippen LogP contribution in [0.3, 0.4) is 0 Å². The quantitative estimate of drug-likeness (QED) is 0.839. The minimum absolute atomic E-state index is 0.0603. The van der Waals surface area contributed by atoms with Crippen molar-refractivity contribution >= 4 is 5.91 Å². The number of carbonyl (C=O) groups excluding carboxylic acids is 1. The summed E-state index contributed by atoms with van der Waals surface area (Å²) in [5.41, 5.74) is 7.16. The standard InChI is InChI=1S/C13H22N4O/c1-9-7-12(16-17(9)2)13(18)15-11-5-3-10(8-14)4-6-11/h7,10-11H,3-6,8,14H2,1-2H3,(H,15,18). The van der Waals surface area contributed by atoms with E-state index in [9.17, 15) is 4.79 Å². The summed E-state index contributed by atoms with van der Waals surface area (Å²) in [6.45, 7) is 2.70. The van der Waals surface area contributed by atoms with Gasteiger partial charge in [0.25, 0.3) is 5.91 Å². The molecule has 2 rings (SSSR count). The Morgan fingerprint density at radius 1 is 1.50 bits per heavy atom. The zero-order valence-electron chi connectivity index (χ0n) is 11.1. The Hall–Kier alpha value is -1.36. The number of hydrogen-bond donors (Lipinski definition) is 2. The van der Waals surface area contributed by atoms with Crippen molar-refractivity contribution in [1.82, 2.24) is 15.1 Å². The van der Waals surface area contributed by atoms with Gasteiger partial charge in [0.2, 0.25) is 0 Å². The minimum atomic E-state index is -0.0603. The fourth-order valence-electron chi connectivity index (χ4n) is 2.47. The molecule has 0 unspecified atom stereocenters. The van der Waals surface area contributed by atoms with E-state index in [0.29, 0.717) is 11.6 Å². The second kappa shape index (κ2) is 5.52. The van der Waals surface area contributed by atoms with Crippen molar-refractivity contribution in [3.05, 3.63) is 17.5 Å². The lowest BCUT2D eigenvalue weighted by Gasteiger charge is -2.27. The van der Waals surface area contributed by atoms with Gasteiger partial charge < -0.3 is 11.1 Å². The topological polar surface area (TPSA) is 72.9 Å². The van der Waals surface area contributed by atoms with Crippen LogP contribution in [0, 0.1) is 12.8 Å². The first-order chi connectivity index (χ1) is 8.60. The fraction of sp³-hybridized carbons (Fsp3) is 0.692. The van der Waals surface area contributed by atoms with Gasteiger partial charge in [-0.2, -0.15) is 5.10 Å². The molecule has 5 nitrogen and oxygen atoms in total. The number of nitrogens with one attached hydrogen (secondary N) is 1. The molecule has 1 fully saturated rings. The monoisotopic (exact) mass is 250 g/mol. The maximum Gasteiger partial charge on any atom is 0.272 e. The smallest absolute Gasteiger partial charge is 0.272 e. The molecule has 1 amide bonds. The molecule has 0 bridgehead atoms. The summed E-state index contributed by atoms with van der Waals surface area (Å²) in [5.74, 6) is 0.574. The summed E-state index contributed by atoms with van der Waals surface area (Å²) in [7, 11) is 1.85. The molecule has 1 aliphatic rings. The molecule has 0 aromatic carbocycles. The lowest BCUT2D eigenvalue weighted by atomic mass is 9.86. The molecule has 1 aliphatic carbocycles. The van der Waals surface area contributed by atoms with Crippen molar-refractivity contribution in [2.45, 2.75) is 38.6 Å². The van der Waals surface area contributed by atoms with Crippen LogP contribution in [0.4, 0.5) is 0 Å². The van der Waals surface area contributed by atoms with E-state index >= 15 is 0 Å². The molecule has 1 heterocycles.